The van der Waals surface area contributed by atoms with E-state index in [-0.39, 0.29) is 0 Å². The van der Waals surface area contributed by atoms with Gasteiger partial charge in [-0.3, -0.25) is 9.88 Å². The maximum absolute atomic E-state index is 11.1. The first-order valence-electron chi connectivity index (χ1n) is 4.10. The number of carbonyl (C=O) groups excluding carboxylic acids is 1. The zero-order valence-corrected chi connectivity index (χ0v) is 9.09. The Morgan fingerprint density at radius 3 is 2.71 bits per heavy atom. The molecule has 0 fully saturated rings. The lowest BCUT2D eigenvalue weighted by atomic mass is 10.8. The summed E-state index contributed by atoms with van der Waals surface area (Å²) in [7, 11) is 3.43. The van der Waals surface area contributed by atoms with Crippen molar-refractivity contribution in [1.82, 2.24) is 14.3 Å². The smallest absolute Gasteiger partial charge is 0.414 e. The molecular formula is C7H12N4O2S. The summed E-state index contributed by atoms with van der Waals surface area (Å²) in [6.45, 7) is 2.06. The average molecular weight is 216 g/mol. The summed E-state index contributed by atoms with van der Waals surface area (Å²) < 4.78 is 8.31. The molecule has 1 N–H and O–H groups in total. The van der Waals surface area contributed by atoms with E-state index in [2.05, 4.69) is 10.4 Å². The molecule has 0 spiro atoms. The van der Waals surface area contributed by atoms with Gasteiger partial charge >= 0.3 is 6.09 Å². The van der Waals surface area contributed by atoms with Crippen LogP contribution in [0.15, 0.2) is 0 Å². The summed E-state index contributed by atoms with van der Waals surface area (Å²) in [4.78, 5) is 11.1. The average Bonchev–Trinajstić information content (AvgIpc) is 2.34. The van der Waals surface area contributed by atoms with E-state index in [0.29, 0.717) is 17.3 Å². The Balaban J connectivity index is 2.82. The maximum atomic E-state index is 11.1. The zero-order valence-electron chi connectivity index (χ0n) is 8.27. The highest BCUT2D eigenvalue weighted by atomic mass is 32.1. The molecule has 78 valence electrons. The van der Waals surface area contributed by atoms with Gasteiger partial charge in [0.1, 0.15) is 0 Å². The highest BCUT2D eigenvalue weighted by Crippen LogP contribution is 2.03. The van der Waals surface area contributed by atoms with Crippen molar-refractivity contribution < 1.29 is 9.53 Å². The topological polar surface area (TPSA) is 61.1 Å². The molecule has 6 nitrogen and oxygen atoms in total. The van der Waals surface area contributed by atoms with Gasteiger partial charge in [0, 0.05) is 14.1 Å². The molecule has 1 rings (SSSR count). The minimum Gasteiger partial charge on any atom is -0.450 e. The Labute approximate surface area is 86.5 Å². The van der Waals surface area contributed by atoms with Crippen LogP contribution in [0.3, 0.4) is 0 Å². The van der Waals surface area contributed by atoms with Crippen LogP contribution in [0.25, 0.3) is 0 Å². The first-order valence-corrected chi connectivity index (χ1v) is 4.51. The molecule has 14 heavy (non-hydrogen) atoms. The molecule has 0 aliphatic carbocycles. The Kier molecular flexibility index (Phi) is 3.23. The zero-order chi connectivity index (χ0) is 10.7. The first kappa shape index (κ1) is 10.7. The normalized spacial score (nSPS) is 9.93. The third kappa shape index (κ3) is 2.11. The van der Waals surface area contributed by atoms with Crippen LogP contribution >= 0.6 is 12.2 Å². The number of nitrogens with zero attached hydrogens (tertiary/aromatic N) is 3. The summed E-state index contributed by atoms with van der Waals surface area (Å²) in [5, 5.41) is 6.47. The number of nitrogens with one attached hydrogen (secondary N) is 1. The van der Waals surface area contributed by atoms with E-state index < -0.39 is 6.09 Å². The van der Waals surface area contributed by atoms with Crippen molar-refractivity contribution in [2.45, 2.75) is 6.92 Å². The number of aromatic nitrogens is 3. The fourth-order valence-corrected chi connectivity index (χ4v) is 1.05. The Morgan fingerprint density at radius 2 is 2.29 bits per heavy atom. The number of amides is 1. The van der Waals surface area contributed by atoms with Crippen molar-refractivity contribution in [1.29, 1.82) is 0 Å². The number of rotatable bonds is 2. The number of hydrogen-bond acceptors (Lipinski definition) is 4. The number of ether oxygens (including phenoxy) is 1. The molecule has 1 aromatic rings. The van der Waals surface area contributed by atoms with Gasteiger partial charge in [-0.05, 0) is 19.1 Å². The van der Waals surface area contributed by atoms with Crippen LogP contribution in [0.2, 0.25) is 0 Å². The van der Waals surface area contributed by atoms with Gasteiger partial charge in [0.25, 0.3) is 0 Å². The molecule has 0 radical (unpaired) electrons. The Hall–Kier alpha value is -1.37. The number of carbonyl (C=O) groups is 1. The van der Waals surface area contributed by atoms with Gasteiger partial charge in [-0.25, -0.2) is 9.48 Å². The van der Waals surface area contributed by atoms with E-state index >= 15 is 0 Å². The van der Waals surface area contributed by atoms with Crippen LogP contribution in [0.1, 0.15) is 6.92 Å². The molecular weight excluding hydrogens is 204 g/mol. The van der Waals surface area contributed by atoms with Crippen LogP contribution < -0.4 is 5.32 Å². The van der Waals surface area contributed by atoms with Gasteiger partial charge < -0.3 is 4.74 Å². The number of aryl methyl sites for hydroxylation is 1. The fraction of sp³-hybridized carbons (Fsp3) is 0.571. The van der Waals surface area contributed by atoms with E-state index in [1.165, 1.54) is 4.68 Å². The van der Waals surface area contributed by atoms with Crippen LogP contribution in [-0.2, 0) is 18.8 Å². The third-order valence-electron chi connectivity index (χ3n) is 1.62. The molecule has 1 heterocycles. The Morgan fingerprint density at radius 1 is 1.64 bits per heavy atom. The van der Waals surface area contributed by atoms with Gasteiger partial charge in [0.05, 0.1) is 6.61 Å². The summed E-state index contributed by atoms with van der Waals surface area (Å²) in [5.74, 6) is 0.371. The van der Waals surface area contributed by atoms with Crippen molar-refractivity contribution in [3.05, 3.63) is 4.77 Å². The van der Waals surface area contributed by atoms with E-state index in [1.54, 1.807) is 25.6 Å². The van der Waals surface area contributed by atoms with Crippen molar-refractivity contribution in [3.63, 3.8) is 0 Å². The van der Waals surface area contributed by atoms with E-state index in [1.807, 2.05) is 0 Å². The van der Waals surface area contributed by atoms with Crippen molar-refractivity contribution in [2.24, 2.45) is 14.1 Å². The molecule has 1 amide bonds. The molecule has 0 atom stereocenters. The number of anilines is 1. The molecule has 0 aliphatic rings. The molecule has 0 bridgehead atoms. The fourth-order valence-electron chi connectivity index (χ4n) is 0.927. The highest BCUT2D eigenvalue weighted by Gasteiger charge is 2.08. The maximum Gasteiger partial charge on any atom is 0.414 e. The summed E-state index contributed by atoms with van der Waals surface area (Å²) >= 11 is 5.00. The summed E-state index contributed by atoms with van der Waals surface area (Å²) in [5.41, 5.74) is 0. The molecule has 1 aromatic heterocycles. The lowest BCUT2D eigenvalue weighted by molar-refractivity contribution is 0.167. The molecule has 0 unspecified atom stereocenters. The van der Waals surface area contributed by atoms with Crippen molar-refractivity contribution in [2.75, 3.05) is 11.9 Å². The van der Waals surface area contributed by atoms with Gasteiger partial charge in [-0.2, -0.15) is 0 Å². The van der Waals surface area contributed by atoms with Crippen LogP contribution in [0, 0.1) is 4.77 Å². The molecule has 0 saturated carbocycles. The molecule has 0 saturated heterocycles. The lowest BCUT2D eigenvalue weighted by Gasteiger charge is -2.02. The monoisotopic (exact) mass is 216 g/mol. The number of hydrogen-bond donors (Lipinski definition) is 1. The molecule has 0 aliphatic heterocycles. The summed E-state index contributed by atoms with van der Waals surface area (Å²) in [6.07, 6.45) is -0.531. The second-order valence-electron chi connectivity index (χ2n) is 2.63. The van der Waals surface area contributed by atoms with Gasteiger partial charge in [0.15, 0.2) is 4.77 Å². The predicted octanol–water partition coefficient (Wildman–Crippen LogP) is 1.06. The largest absolute Gasteiger partial charge is 0.450 e. The Bertz CT molecular complexity index is 395. The highest BCUT2D eigenvalue weighted by molar-refractivity contribution is 7.71. The minimum atomic E-state index is -0.531. The molecule has 7 heteroatoms. The van der Waals surface area contributed by atoms with E-state index in [4.69, 9.17) is 17.0 Å². The predicted molar refractivity (Wildman–Crippen MR) is 53.7 cm³/mol. The SMILES string of the molecule is CCOC(=O)Nc1nn(C)c(=S)n1C. The quantitative estimate of drug-likeness (QED) is 0.751. The van der Waals surface area contributed by atoms with Gasteiger partial charge in [0.2, 0.25) is 5.95 Å². The standard InChI is InChI=1S/C7H12N4O2S/c1-4-13-6(12)8-5-9-11(3)7(14)10(5)2/h4H2,1-3H3,(H,8,9,12). The second kappa shape index (κ2) is 4.23. The van der Waals surface area contributed by atoms with E-state index in [0.717, 1.165) is 0 Å². The van der Waals surface area contributed by atoms with Crippen molar-refractivity contribution >= 4 is 24.3 Å². The van der Waals surface area contributed by atoms with Gasteiger partial charge in [-0.1, -0.05) is 0 Å². The minimum absolute atomic E-state index is 0.323. The van der Waals surface area contributed by atoms with Crippen LogP contribution in [0.5, 0.6) is 0 Å². The second-order valence-corrected chi connectivity index (χ2v) is 3.00. The molecule has 0 aromatic carbocycles. The van der Waals surface area contributed by atoms with Gasteiger partial charge in [-0.15, -0.1) is 5.10 Å². The van der Waals surface area contributed by atoms with Crippen LogP contribution in [-0.4, -0.2) is 27.0 Å². The third-order valence-corrected chi connectivity index (χ3v) is 2.15. The summed E-state index contributed by atoms with van der Waals surface area (Å²) in [6, 6.07) is 0. The first-order chi connectivity index (χ1) is 6.56. The van der Waals surface area contributed by atoms with Crippen LogP contribution in [0.4, 0.5) is 10.7 Å². The van der Waals surface area contributed by atoms with E-state index in [9.17, 15) is 4.79 Å². The van der Waals surface area contributed by atoms with Crippen molar-refractivity contribution in [3.8, 4) is 0 Å². The lowest BCUT2D eigenvalue weighted by Crippen LogP contribution is -2.16.